The van der Waals surface area contributed by atoms with Crippen LogP contribution in [0, 0.1) is 0 Å². The minimum Gasteiger partial charge on any atom is -0.269 e. The van der Waals surface area contributed by atoms with Crippen molar-refractivity contribution in [2.75, 3.05) is 0 Å². The molecule has 0 aliphatic carbocycles. The molecule has 0 saturated heterocycles. The summed E-state index contributed by atoms with van der Waals surface area (Å²) in [6, 6.07) is 24.5. The monoisotopic (exact) mass is 407 g/mol. The van der Waals surface area contributed by atoms with Gasteiger partial charge < -0.3 is 0 Å². The van der Waals surface area contributed by atoms with Crippen LogP contribution in [0.1, 0.15) is 11.1 Å². The minimum absolute atomic E-state index is 0.0618. The molecule has 138 valence electrons. The lowest BCUT2D eigenvalue weighted by Gasteiger charge is -2.15. The summed E-state index contributed by atoms with van der Waals surface area (Å²) in [6.45, 7) is 0.167. The molecule has 28 heavy (non-hydrogen) atoms. The highest BCUT2D eigenvalue weighted by atomic mass is 35.5. The smallest absolute Gasteiger partial charge is 0.269 e. The van der Waals surface area contributed by atoms with Crippen molar-refractivity contribution in [2.45, 2.75) is 6.54 Å². The SMILES string of the molecule is O=C1C(Cl)=C(c2ccc(Cl)cc2)C(=O)N1Cc1ccc(-c2ccccc2)cc1. The maximum atomic E-state index is 12.8. The van der Waals surface area contributed by atoms with E-state index in [-0.39, 0.29) is 17.2 Å². The second-order valence-electron chi connectivity index (χ2n) is 6.46. The van der Waals surface area contributed by atoms with Crippen LogP contribution in [-0.4, -0.2) is 16.7 Å². The molecule has 0 N–H and O–H groups in total. The fraction of sp³-hybridized carbons (Fsp3) is 0.0435. The van der Waals surface area contributed by atoms with Crippen molar-refractivity contribution in [1.82, 2.24) is 4.90 Å². The van der Waals surface area contributed by atoms with Crippen molar-refractivity contribution in [2.24, 2.45) is 0 Å². The Morgan fingerprint density at radius 3 is 1.86 bits per heavy atom. The quantitative estimate of drug-likeness (QED) is 0.533. The Hall–Kier alpha value is -2.88. The fourth-order valence-corrected chi connectivity index (χ4v) is 3.59. The van der Waals surface area contributed by atoms with E-state index in [1.165, 1.54) is 4.90 Å². The van der Waals surface area contributed by atoms with Crippen LogP contribution in [0.15, 0.2) is 83.9 Å². The molecule has 3 aromatic carbocycles. The summed E-state index contributed by atoms with van der Waals surface area (Å²) in [6.07, 6.45) is 0. The van der Waals surface area contributed by atoms with Gasteiger partial charge in [-0.25, -0.2) is 0 Å². The van der Waals surface area contributed by atoms with Gasteiger partial charge in [-0.05, 0) is 34.4 Å². The number of halogens is 2. The van der Waals surface area contributed by atoms with Gasteiger partial charge in [0.1, 0.15) is 5.03 Å². The van der Waals surface area contributed by atoms with Crippen molar-refractivity contribution in [1.29, 1.82) is 0 Å². The van der Waals surface area contributed by atoms with Crippen LogP contribution in [0.5, 0.6) is 0 Å². The Morgan fingerprint density at radius 2 is 1.21 bits per heavy atom. The van der Waals surface area contributed by atoms with Crippen molar-refractivity contribution >= 4 is 40.6 Å². The van der Waals surface area contributed by atoms with Crippen LogP contribution >= 0.6 is 23.2 Å². The highest BCUT2D eigenvalue weighted by molar-refractivity contribution is 6.55. The summed E-state index contributed by atoms with van der Waals surface area (Å²) in [4.78, 5) is 26.6. The van der Waals surface area contributed by atoms with Crippen LogP contribution < -0.4 is 0 Å². The zero-order chi connectivity index (χ0) is 19.7. The summed E-state index contributed by atoms with van der Waals surface area (Å²) < 4.78 is 0. The molecule has 0 spiro atoms. The van der Waals surface area contributed by atoms with Crippen molar-refractivity contribution < 1.29 is 9.59 Å². The molecule has 0 atom stereocenters. The van der Waals surface area contributed by atoms with Crippen LogP contribution in [0.3, 0.4) is 0 Å². The predicted molar refractivity (Wildman–Crippen MR) is 112 cm³/mol. The maximum Gasteiger partial charge on any atom is 0.273 e. The van der Waals surface area contributed by atoms with E-state index in [4.69, 9.17) is 23.2 Å². The van der Waals surface area contributed by atoms with Gasteiger partial charge in [0.05, 0.1) is 12.1 Å². The van der Waals surface area contributed by atoms with E-state index in [2.05, 4.69) is 0 Å². The highest BCUT2D eigenvalue weighted by Gasteiger charge is 2.38. The average molecular weight is 408 g/mol. The van der Waals surface area contributed by atoms with E-state index in [0.29, 0.717) is 10.6 Å². The number of rotatable bonds is 4. The molecule has 3 aromatic rings. The third-order valence-electron chi connectivity index (χ3n) is 4.65. The first-order chi connectivity index (χ1) is 13.5. The van der Waals surface area contributed by atoms with Gasteiger partial charge in [-0.1, -0.05) is 89.9 Å². The van der Waals surface area contributed by atoms with Crippen LogP contribution in [0.25, 0.3) is 16.7 Å². The van der Waals surface area contributed by atoms with Gasteiger partial charge in [0.2, 0.25) is 0 Å². The lowest BCUT2D eigenvalue weighted by Crippen LogP contribution is -2.30. The summed E-state index contributed by atoms with van der Waals surface area (Å²) in [5.74, 6) is -0.881. The minimum atomic E-state index is -0.483. The van der Waals surface area contributed by atoms with Gasteiger partial charge in [-0.15, -0.1) is 0 Å². The zero-order valence-corrected chi connectivity index (χ0v) is 16.2. The molecule has 0 saturated carbocycles. The Kier molecular flexibility index (Phi) is 5.03. The van der Waals surface area contributed by atoms with Gasteiger partial charge in [-0.2, -0.15) is 0 Å². The molecular weight excluding hydrogens is 393 g/mol. The Morgan fingerprint density at radius 1 is 0.643 bits per heavy atom. The Bertz CT molecular complexity index is 1070. The fourth-order valence-electron chi connectivity index (χ4n) is 3.17. The number of hydrogen-bond donors (Lipinski definition) is 0. The molecule has 1 heterocycles. The van der Waals surface area contributed by atoms with Gasteiger partial charge in [0.25, 0.3) is 11.8 Å². The van der Waals surface area contributed by atoms with E-state index in [1.54, 1.807) is 24.3 Å². The first-order valence-corrected chi connectivity index (χ1v) is 9.46. The lowest BCUT2D eigenvalue weighted by molar-refractivity contribution is -0.137. The molecule has 0 aromatic heterocycles. The Balaban J connectivity index is 1.55. The standard InChI is InChI=1S/C23H15Cl2NO2/c24-19-12-10-18(11-13-19)20-21(25)23(28)26(22(20)27)14-15-6-8-17(9-7-15)16-4-2-1-3-5-16/h1-13H,14H2. The number of amides is 2. The van der Waals surface area contributed by atoms with E-state index in [1.807, 2.05) is 54.6 Å². The van der Waals surface area contributed by atoms with Crippen LogP contribution in [0.4, 0.5) is 0 Å². The highest BCUT2D eigenvalue weighted by Crippen LogP contribution is 2.33. The zero-order valence-electron chi connectivity index (χ0n) is 14.7. The molecule has 0 unspecified atom stereocenters. The molecule has 1 aliphatic heterocycles. The molecule has 1 aliphatic rings. The number of carbonyl (C=O) groups is 2. The van der Waals surface area contributed by atoms with Crippen LogP contribution in [-0.2, 0) is 16.1 Å². The van der Waals surface area contributed by atoms with E-state index < -0.39 is 11.8 Å². The molecule has 3 nitrogen and oxygen atoms in total. The largest absolute Gasteiger partial charge is 0.273 e. The van der Waals surface area contributed by atoms with Crippen molar-refractivity contribution in [3.8, 4) is 11.1 Å². The molecule has 0 bridgehead atoms. The van der Waals surface area contributed by atoms with E-state index in [0.717, 1.165) is 16.7 Å². The molecular formula is C23H15Cl2NO2. The van der Waals surface area contributed by atoms with E-state index >= 15 is 0 Å². The molecule has 2 amide bonds. The summed E-state index contributed by atoms with van der Waals surface area (Å²) in [5.41, 5.74) is 3.82. The molecule has 5 heteroatoms. The second-order valence-corrected chi connectivity index (χ2v) is 7.27. The van der Waals surface area contributed by atoms with Crippen LogP contribution in [0.2, 0.25) is 5.02 Å². The summed E-state index contributed by atoms with van der Waals surface area (Å²) in [7, 11) is 0. The lowest BCUT2D eigenvalue weighted by atomic mass is 10.0. The topological polar surface area (TPSA) is 37.4 Å². The third-order valence-corrected chi connectivity index (χ3v) is 5.25. The van der Waals surface area contributed by atoms with Gasteiger partial charge in [0, 0.05) is 5.02 Å². The third kappa shape index (κ3) is 3.47. The first kappa shape index (κ1) is 18.5. The van der Waals surface area contributed by atoms with Crippen molar-refractivity contribution in [3.05, 3.63) is 100 Å². The molecule has 0 radical (unpaired) electrons. The number of hydrogen-bond acceptors (Lipinski definition) is 2. The van der Waals surface area contributed by atoms with E-state index in [9.17, 15) is 9.59 Å². The average Bonchev–Trinajstić information content (AvgIpc) is 2.93. The number of imide groups is 1. The first-order valence-electron chi connectivity index (χ1n) is 8.71. The molecule has 0 fully saturated rings. The maximum absolute atomic E-state index is 12.8. The summed E-state index contributed by atoms with van der Waals surface area (Å²) >= 11 is 12.1. The number of benzene rings is 3. The summed E-state index contributed by atoms with van der Waals surface area (Å²) in [5, 5.41) is 0.487. The molecule has 4 rings (SSSR count). The van der Waals surface area contributed by atoms with Gasteiger partial charge in [-0.3, -0.25) is 14.5 Å². The second kappa shape index (κ2) is 7.63. The van der Waals surface area contributed by atoms with Crippen molar-refractivity contribution in [3.63, 3.8) is 0 Å². The Labute approximate surface area is 172 Å². The van der Waals surface area contributed by atoms with Gasteiger partial charge >= 0.3 is 0 Å². The number of carbonyl (C=O) groups excluding carboxylic acids is 2. The van der Waals surface area contributed by atoms with Gasteiger partial charge in [0.15, 0.2) is 0 Å². The number of nitrogens with zero attached hydrogens (tertiary/aromatic N) is 1. The normalized spacial score (nSPS) is 14.1. The predicted octanol–water partition coefficient (Wildman–Crippen LogP) is 5.53.